The molecule has 1 amide bonds. The first-order valence-electron chi connectivity index (χ1n) is 6.73. The van der Waals surface area contributed by atoms with Gasteiger partial charge in [0.15, 0.2) is 0 Å². The molecule has 0 spiro atoms. The highest BCUT2D eigenvalue weighted by molar-refractivity contribution is 7.99. The predicted octanol–water partition coefficient (Wildman–Crippen LogP) is 2.18. The van der Waals surface area contributed by atoms with E-state index < -0.39 is 5.97 Å². The number of carboxylic acids is 1. The van der Waals surface area contributed by atoms with Crippen molar-refractivity contribution in [1.82, 2.24) is 10.3 Å². The van der Waals surface area contributed by atoms with Gasteiger partial charge in [-0.2, -0.15) is 11.8 Å². The van der Waals surface area contributed by atoms with E-state index in [0.717, 1.165) is 25.0 Å². The van der Waals surface area contributed by atoms with E-state index in [1.807, 2.05) is 11.8 Å². The van der Waals surface area contributed by atoms with Crippen molar-refractivity contribution in [2.45, 2.75) is 37.5 Å². The molecule has 0 bridgehead atoms. The summed E-state index contributed by atoms with van der Waals surface area (Å²) in [7, 11) is 0. The highest BCUT2D eigenvalue weighted by atomic mass is 32.2. The molecule has 1 aliphatic carbocycles. The number of carbonyl (C=O) groups excluding carboxylic acids is 1. The fraction of sp³-hybridized carbons (Fsp3) is 0.500. The molecule has 1 aliphatic rings. The van der Waals surface area contributed by atoms with Crippen molar-refractivity contribution in [3.8, 4) is 0 Å². The minimum absolute atomic E-state index is 0.0850. The van der Waals surface area contributed by atoms with E-state index in [-0.39, 0.29) is 23.2 Å². The Kier molecular flexibility index (Phi) is 5.00. The monoisotopic (exact) mass is 294 g/mol. The van der Waals surface area contributed by atoms with Crippen molar-refractivity contribution < 1.29 is 14.7 Å². The lowest BCUT2D eigenvalue weighted by Crippen LogP contribution is -2.39. The van der Waals surface area contributed by atoms with Crippen LogP contribution in [0.3, 0.4) is 0 Å². The van der Waals surface area contributed by atoms with Gasteiger partial charge in [0, 0.05) is 17.5 Å². The number of hydrogen-bond donors (Lipinski definition) is 2. The van der Waals surface area contributed by atoms with Crippen molar-refractivity contribution in [3.63, 3.8) is 0 Å². The lowest BCUT2D eigenvalue weighted by atomic mass is 10.2. The average molecular weight is 294 g/mol. The fourth-order valence-electron chi connectivity index (χ4n) is 2.40. The zero-order valence-electron chi connectivity index (χ0n) is 11.3. The van der Waals surface area contributed by atoms with Crippen molar-refractivity contribution in [1.29, 1.82) is 0 Å². The standard InChI is InChI=1S/C14H18N2O3S/c1-2-20-12-5-3-4-10(12)16-13(17)11-7-6-9(8-15-11)14(18)19/h6-8,10,12H,2-5H2,1H3,(H,16,17)(H,18,19). The molecular weight excluding hydrogens is 276 g/mol. The highest BCUT2D eigenvalue weighted by Crippen LogP contribution is 2.29. The number of carbonyl (C=O) groups is 2. The van der Waals surface area contributed by atoms with Gasteiger partial charge in [-0.3, -0.25) is 9.78 Å². The molecule has 1 aromatic heterocycles. The van der Waals surface area contributed by atoms with Crippen LogP contribution in [0.1, 0.15) is 47.0 Å². The molecule has 1 saturated carbocycles. The van der Waals surface area contributed by atoms with Crippen molar-refractivity contribution in [2.75, 3.05) is 5.75 Å². The Hall–Kier alpha value is -1.56. The summed E-state index contributed by atoms with van der Waals surface area (Å²) in [4.78, 5) is 26.7. The lowest BCUT2D eigenvalue weighted by molar-refractivity contribution is 0.0695. The summed E-state index contributed by atoms with van der Waals surface area (Å²) in [6, 6.07) is 3.04. The van der Waals surface area contributed by atoms with Crippen LogP contribution in [0.2, 0.25) is 0 Å². The third-order valence-corrected chi connectivity index (χ3v) is 4.72. The van der Waals surface area contributed by atoms with Gasteiger partial charge >= 0.3 is 5.97 Å². The summed E-state index contributed by atoms with van der Waals surface area (Å²) in [5.41, 5.74) is 0.351. The molecule has 108 valence electrons. The second-order valence-corrected chi connectivity index (χ2v) is 6.26. The maximum atomic E-state index is 12.1. The predicted molar refractivity (Wildman–Crippen MR) is 78.2 cm³/mol. The molecule has 6 heteroatoms. The van der Waals surface area contributed by atoms with Gasteiger partial charge in [-0.05, 0) is 30.7 Å². The molecule has 5 nitrogen and oxygen atoms in total. The smallest absolute Gasteiger partial charge is 0.337 e. The molecule has 0 saturated heterocycles. The maximum Gasteiger partial charge on any atom is 0.337 e. The Balaban J connectivity index is 1.99. The fourth-order valence-corrected chi connectivity index (χ4v) is 3.60. The van der Waals surface area contributed by atoms with Crippen LogP contribution in [0.5, 0.6) is 0 Å². The van der Waals surface area contributed by atoms with E-state index in [4.69, 9.17) is 5.11 Å². The topological polar surface area (TPSA) is 79.3 Å². The van der Waals surface area contributed by atoms with E-state index >= 15 is 0 Å². The van der Waals surface area contributed by atoms with E-state index in [9.17, 15) is 9.59 Å². The van der Waals surface area contributed by atoms with Crippen LogP contribution < -0.4 is 5.32 Å². The number of amides is 1. The summed E-state index contributed by atoms with van der Waals surface area (Å²) in [6.45, 7) is 2.12. The number of nitrogens with one attached hydrogen (secondary N) is 1. The molecule has 1 aromatic rings. The molecular formula is C14H18N2O3S. The number of hydrogen-bond acceptors (Lipinski definition) is 4. The SMILES string of the molecule is CCSC1CCCC1NC(=O)c1ccc(C(=O)O)cn1. The van der Waals surface area contributed by atoms with Crippen LogP contribution in [0.15, 0.2) is 18.3 Å². The van der Waals surface area contributed by atoms with Crippen LogP contribution in [0.4, 0.5) is 0 Å². The van der Waals surface area contributed by atoms with E-state index in [1.54, 1.807) is 0 Å². The molecule has 20 heavy (non-hydrogen) atoms. The average Bonchev–Trinajstić information content (AvgIpc) is 2.86. The second kappa shape index (κ2) is 6.74. The summed E-state index contributed by atoms with van der Waals surface area (Å²) >= 11 is 1.88. The van der Waals surface area contributed by atoms with Crippen LogP contribution >= 0.6 is 11.8 Å². The normalized spacial score (nSPS) is 21.6. The van der Waals surface area contributed by atoms with Gasteiger partial charge in [-0.15, -0.1) is 0 Å². The number of thioether (sulfide) groups is 1. The quantitative estimate of drug-likeness (QED) is 0.870. The molecule has 0 aliphatic heterocycles. The summed E-state index contributed by atoms with van der Waals surface area (Å²) in [5.74, 6) is -0.224. The number of rotatable bonds is 5. The minimum atomic E-state index is -1.04. The van der Waals surface area contributed by atoms with Crippen LogP contribution in [0, 0.1) is 0 Å². The zero-order valence-corrected chi connectivity index (χ0v) is 12.2. The number of aromatic carboxylic acids is 1. The van der Waals surface area contributed by atoms with Gasteiger partial charge < -0.3 is 10.4 Å². The van der Waals surface area contributed by atoms with Crippen LogP contribution in [-0.4, -0.2) is 39.0 Å². The molecule has 2 rings (SSSR count). The van der Waals surface area contributed by atoms with E-state index in [1.165, 1.54) is 18.3 Å². The summed E-state index contributed by atoms with van der Waals surface area (Å²) in [5, 5.41) is 12.3. The van der Waals surface area contributed by atoms with Crippen LogP contribution in [0.25, 0.3) is 0 Å². The molecule has 2 unspecified atom stereocenters. The third-order valence-electron chi connectivity index (χ3n) is 3.39. The molecule has 2 N–H and O–H groups in total. The highest BCUT2D eigenvalue weighted by Gasteiger charge is 2.28. The maximum absolute atomic E-state index is 12.1. The molecule has 2 atom stereocenters. The Labute approximate surface area is 122 Å². The molecule has 1 heterocycles. The zero-order chi connectivity index (χ0) is 14.5. The molecule has 1 fully saturated rings. The summed E-state index contributed by atoms with van der Waals surface area (Å²) in [6.07, 6.45) is 4.48. The second-order valence-electron chi connectivity index (χ2n) is 4.74. The van der Waals surface area contributed by atoms with Gasteiger partial charge in [0.1, 0.15) is 5.69 Å². The Morgan fingerprint density at radius 2 is 2.25 bits per heavy atom. The van der Waals surface area contributed by atoms with Crippen molar-refractivity contribution >= 4 is 23.6 Å². The first kappa shape index (κ1) is 14.8. The Morgan fingerprint density at radius 3 is 2.85 bits per heavy atom. The largest absolute Gasteiger partial charge is 0.478 e. The van der Waals surface area contributed by atoms with E-state index in [2.05, 4.69) is 17.2 Å². The van der Waals surface area contributed by atoms with Crippen molar-refractivity contribution in [3.05, 3.63) is 29.6 Å². The first-order chi connectivity index (χ1) is 9.61. The Bertz CT molecular complexity index is 490. The number of nitrogens with zero attached hydrogens (tertiary/aromatic N) is 1. The molecule has 0 aromatic carbocycles. The van der Waals surface area contributed by atoms with Gasteiger partial charge in [-0.25, -0.2) is 4.79 Å². The van der Waals surface area contributed by atoms with Crippen LogP contribution in [-0.2, 0) is 0 Å². The third kappa shape index (κ3) is 3.50. The van der Waals surface area contributed by atoms with E-state index in [0.29, 0.717) is 5.25 Å². The van der Waals surface area contributed by atoms with Gasteiger partial charge in [0.05, 0.1) is 5.56 Å². The van der Waals surface area contributed by atoms with Crippen molar-refractivity contribution in [2.24, 2.45) is 0 Å². The van der Waals surface area contributed by atoms with Gasteiger partial charge in [0.25, 0.3) is 5.91 Å². The first-order valence-corrected chi connectivity index (χ1v) is 7.78. The number of aromatic nitrogens is 1. The van der Waals surface area contributed by atoms with Gasteiger partial charge in [-0.1, -0.05) is 13.3 Å². The Morgan fingerprint density at radius 1 is 1.45 bits per heavy atom. The summed E-state index contributed by atoms with van der Waals surface area (Å²) < 4.78 is 0. The number of carboxylic acid groups (broad SMARTS) is 1. The number of pyridine rings is 1. The minimum Gasteiger partial charge on any atom is -0.478 e. The van der Waals surface area contributed by atoms with Gasteiger partial charge in [0.2, 0.25) is 0 Å². The lowest BCUT2D eigenvalue weighted by Gasteiger charge is -2.19. The molecule has 0 radical (unpaired) electrons.